The van der Waals surface area contributed by atoms with Gasteiger partial charge in [-0.05, 0) is 47.5 Å². The molecule has 0 aliphatic carbocycles. The Balaban J connectivity index is 1.60. The lowest BCUT2D eigenvalue weighted by Crippen LogP contribution is -2.36. The number of fused-ring (bicyclic) bond motifs is 1. The van der Waals surface area contributed by atoms with Gasteiger partial charge in [-0.15, -0.1) is 11.3 Å². The van der Waals surface area contributed by atoms with Gasteiger partial charge >= 0.3 is 0 Å². The third-order valence-corrected chi connectivity index (χ3v) is 6.72. The van der Waals surface area contributed by atoms with Gasteiger partial charge in [0.1, 0.15) is 5.82 Å². The molecule has 3 heterocycles. The molecule has 1 fully saturated rings. The van der Waals surface area contributed by atoms with Crippen molar-refractivity contribution in [2.75, 3.05) is 31.2 Å². The van der Waals surface area contributed by atoms with Crippen LogP contribution in [-0.2, 0) is 4.74 Å². The summed E-state index contributed by atoms with van der Waals surface area (Å²) in [6.07, 6.45) is 1.78. The van der Waals surface area contributed by atoms with Gasteiger partial charge in [0.15, 0.2) is 0 Å². The molecule has 1 atom stereocenters. The van der Waals surface area contributed by atoms with Crippen molar-refractivity contribution in [3.8, 4) is 11.3 Å². The summed E-state index contributed by atoms with van der Waals surface area (Å²) in [6, 6.07) is 11.1. The minimum atomic E-state index is -0.344. The van der Waals surface area contributed by atoms with Crippen LogP contribution < -0.4 is 4.90 Å². The zero-order chi connectivity index (χ0) is 21.4. The van der Waals surface area contributed by atoms with Crippen LogP contribution in [0.2, 0.25) is 5.28 Å². The molecular weight excluding hydrogens is 435 g/mol. The van der Waals surface area contributed by atoms with Crippen LogP contribution in [-0.4, -0.2) is 41.3 Å². The number of morpholine rings is 1. The molecule has 0 N–H and O–H groups in total. The highest BCUT2D eigenvalue weighted by Gasteiger charge is 2.19. The number of hydrogen-bond acceptors (Lipinski definition) is 6. The first kappa shape index (κ1) is 20.3. The van der Waals surface area contributed by atoms with Gasteiger partial charge in [0.2, 0.25) is 5.28 Å². The predicted molar refractivity (Wildman–Crippen MR) is 123 cm³/mol. The lowest BCUT2D eigenvalue weighted by molar-refractivity contribution is 0.122. The fraction of sp³-hybridized carbons (Fsp3) is 0.261. The average molecular weight is 455 g/mol. The normalized spacial score (nSPS) is 15.4. The van der Waals surface area contributed by atoms with Crippen LogP contribution in [0.4, 0.5) is 10.1 Å². The molecule has 2 aromatic heterocycles. The number of anilines is 1. The van der Waals surface area contributed by atoms with Gasteiger partial charge in [0.25, 0.3) is 0 Å². The maximum Gasteiger partial charge on any atom is 0.223 e. The fourth-order valence-corrected chi connectivity index (χ4v) is 4.80. The van der Waals surface area contributed by atoms with Gasteiger partial charge in [-0.2, -0.15) is 0 Å². The maximum absolute atomic E-state index is 15.0. The number of nitrogens with zero attached hydrogens (tertiary/aromatic N) is 4. The van der Waals surface area contributed by atoms with E-state index in [1.165, 1.54) is 6.07 Å². The molecule has 5 nitrogen and oxygen atoms in total. The SMILES string of the molecule is CC(c1ccc(F)c(-c2nc(Cl)nc3cc(N4CCOCC4)ccc23)c1)c1nccs1. The maximum atomic E-state index is 15.0. The Hall–Kier alpha value is -2.61. The monoisotopic (exact) mass is 454 g/mol. The van der Waals surface area contributed by atoms with E-state index >= 15 is 0 Å². The molecule has 5 rings (SSSR count). The standard InChI is InChI=1S/C23H20ClFN4OS/c1-14(22-26-6-11-31-22)15-2-5-19(25)18(12-15)21-17-4-3-16(29-7-9-30-10-8-29)13-20(17)27-23(24)28-21/h2-6,11-14H,7-10H2,1H3. The van der Waals surface area contributed by atoms with Crippen molar-refractivity contribution in [2.45, 2.75) is 12.8 Å². The van der Waals surface area contributed by atoms with Crippen molar-refractivity contribution in [1.82, 2.24) is 15.0 Å². The van der Waals surface area contributed by atoms with E-state index in [4.69, 9.17) is 16.3 Å². The van der Waals surface area contributed by atoms with Gasteiger partial charge < -0.3 is 9.64 Å². The second-order valence-corrected chi connectivity index (χ2v) is 8.74. The number of halogens is 2. The van der Waals surface area contributed by atoms with Crippen LogP contribution in [0.5, 0.6) is 0 Å². The summed E-state index contributed by atoms with van der Waals surface area (Å²) in [7, 11) is 0. The van der Waals surface area contributed by atoms with Crippen LogP contribution >= 0.6 is 22.9 Å². The van der Waals surface area contributed by atoms with Crippen molar-refractivity contribution < 1.29 is 9.13 Å². The Kier molecular flexibility index (Phi) is 5.56. The van der Waals surface area contributed by atoms with Crippen molar-refractivity contribution in [1.29, 1.82) is 0 Å². The number of ether oxygens (including phenoxy) is 1. The second kappa shape index (κ2) is 8.49. The molecule has 1 aliphatic rings. The van der Waals surface area contributed by atoms with E-state index in [2.05, 4.69) is 26.8 Å². The van der Waals surface area contributed by atoms with Gasteiger partial charge in [-0.25, -0.2) is 19.3 Å². The number of benzene rings is 2. The van der Waals surface area contributed by atoms with E-state index < -0.39 is 0 Å². The van der Waals surface area contributed by atoms with Crippen molar-refractivity contribution >= 4 is 39.5 Å². The minimum Gasteiger partial charge on any atom is -0.378 e. The zero-order valence-corrected chi connectivity index (χ0v) is 18.5. The first-order valence-electron chi connectivity index (χ1n) is 10.1. The molecule has 31 heavy (non-hydrogen) atoms. The van der Waals surface area contributed by atoms with E-state index in [0.29, 0.717) is 30.0 Å². The van der Waals surface area contributed by atoms with Gasteiger partial charge in [0, 0.05) is 47.2 Å². The van der Waals surface area contributed by atoms with Gasteiger partial charge in [-0.3, -0.25) is 0 Å². The lowest BCUT2D eigenvalue weighted by Gasteiger charge is -2.29. The minimum absolute atomic E-state index is 0.0517. The Bertz CT molecular complexity index is 1230. The van der Waals surface area contributed by atoms with Crippen LogP contribution in [0.15, 0.2) is 48.0 Å². The number of thiazole rings is 1. The molecule has 1 unspecified atom stereocenters. The molecule has 4 aromatic rings. The summed E-state index contributed by atoms with van der Waals surface area (Å²) >= 11 is 7.85. The molecule has 8 heteroatoms. The summed E-state index contributed by atoms with van der Waals surface area (Å²) in [5.74, 6) is -0.292. The molecule has 0 bridgehead atoms. The average Bonchev–Trinajstić information content (AvgIpc) is 3.33. The molecule has 158 valence electrons. The summed E-state index contributed by atoms with van der Waals surface area (Å²) in [5.41, 5.74) is 3.61. The second-order valence-electron chi connectivity index (χ2n) is 7.47. The highest BCUT2D eigenvalue weighted by atomic mass is 35.5. The van der Waals surface area contributed by atoms with Gasteiger partial charge in [0.05, 0.1) is 29.4 Å². The third kappa shape index (κ3) is 4.01. The quantitative estimate of drug-likeness (QED) is 0.379. The Morgan fingerprint density at radius 2 is 1.97 bits per heavy atom. The number of aromatic nitrogens is 3. The smallest absolute Gasteiger partial charge is 0.223 e. The molecule has 1 aliphatic heterocycles. The molecule has 0 saturated carbocycles. The predicted octanol–water partition coefficient (Wildman–Crippen LogP) is 5.53. The fourth-order valence-electron chi connectivity index (χ4n) is 3.90. The summed E-state index contributed by atoms with van der Waals surface area (Å²) in [5, 5.41) is 3.79. The lowest BCUT2D eigenvalue weighted by atomic mass is 9.96. The Morgan fingerprint density at radius 1 is 1.13 bits per heavy atom. The van der Waals surface area contributed by atoms with E-state index in [-0.39, 0.29) is 17.0 Å². The third-order valence-electron chi connectivity index (χ3n) is 5.60. The molecule has 0 radical (unpaired) electrons. The largest absolute Gasteiger partial charge is 0.378 e. The summed E-state index contributed by atoms with van der Waals surface area (Å²) in [4.78, 5) is 15.5. The first-order valence-corrected chi connectivity index (χ1v) is 11.3. The van der Waals surface area contributed by atoms with Crippen molar-refractivity contribution in [3.63, 3.8) is 0 Å². The van der Waals surface area contributed by atoms with E-state index in [0.717, 1.165) is 34.7 Å². The van der Waals surface area contributed by atoms with E-state index in [1.54, 1.807) is 23.6 Å². The van der Waals surface area contributed by atoms with Crippen LogP contribution in [0.25, 0.3) is 22.2 Å². The first-order chi connectivity index (χ1) is 15.1. The Morgan fingerprint density at radius 3 is 2.74 bits per heavy atom. The Labute approximate surface area is 188 Å². The number of rotatable bonds is 4. The zero-order valence-electron chi connectivity index (χ0n) is 16.9. The van der Waals surface area contributed by atoms with Crippen molar-refractivity contribution in [3.05, 3.63) is 69.6 Å². The molecule has 0 amide bonds. The van der Waals surface area contributed by atoms with E-state index in [9.17, 15) is 4.39 Å². The molecule has 2 aromatic carbocycles. The number of hydrogen-bond donors (Lipinski definition) is 0. The summed E-state index contributed by atoms with van der Waals surface area (Å²) in [6.45, 7) is 5.10. The van der Waals surface area contributed by atoms with Crippen molar-refractivity contribution in [2.24, 2.45) is 0 Å². The van der Waals surface area contributed by atoms with Crippen LogP contribution in [0.3, 0.4) is 0 Å². The molecule has 0 spiro atoms. The highest BCUT2D eigenvalue weighted by Crippen LogP contribution is 2.35. The van der Waals surface area contributed by atoms with Gasteiger partial charge in [-0.1, -0.05) is 13.0 Å². The topological polar surface area (TPSA) is 51.1 Å². The molecular formula is C23H20ClFN4OS. The summed E-state index contributed by atoms with van der Waals surface area (Å²) < 4.78 is 20.4. The van der Waals surface area contributed by atoms with E-state index in [1.807, 2.05) is 29.6 Å². The van der Waals surface area contributed by atoms with Crippen LogP contribution in [0.1, 0.15) is 23.4 Å². The highest BCUT2D eigenvalue weighted by molar-refractivity contribution is 7.09. The van der Waals surface area contributed by atoms with Crippen LogP contribution in [0, 0.1) is 5.82 Å². The molecule has 1 saturated heterocycles.